The van der Waals surface area contributed by atoms with Gasteiger partial charge in [-0.3, -0.25) is 0 Å². The van der Waals surface area contributed by atoms with Crippen molar-refractivity contribution in [1.82, 2.24) is 0 Å². The SMILES string of the molecule is CCCCc1c(F)cccc1Br. The first-order valence-electron chi connectivity index (χ1n) is 4.18. The van der Waals surface area contributed by atoms with Gasteiger partial charge in [0.25, 0.3) is 0 Å². The second kappa shape index (κ2) is 4.61. The summed E-state index contributed by atoms with van der Waals surface area (Å²) < 4.78 is 14.0. The molecule has 0 fully saturated rings. The second-order valence-electron chi connectivity index (χ2n) is 2.80. The van der Waals surface area contributed by atoms with Crippen molar-refractivity contribution in [1.29, 1.82) is 0 Å². The van der Waals surface area contributed by atoms with Crippen molar-refractivity contribution in [2.75, 3.05) is 0 Å². The molecule has 1 aromatic rings. The Bertz CT molecular complexity index is 238. The van der Waals surface area contributed by atoms with Gasteiger partial charge in [0, 0.05) is 10.0 Å². The Morgan fingerprint density at radius 2 is 2.17 bits per heavy atom. The molecule has 0 aliphatic carbocycles. The largest absolute Gasteiger partial charge is 0.207 e. The molecule has 0 saturated heterocycles. The average Bonchev–Trinajstić information content (AvgIpc) is 2.04. The van der Waals surface area contributed by atoms with Crippen LogP contribution in [0.3, 0.4) is 0 Å². The first kappa shape index (κ1) is 9.72. The van der Waals surface area contributed by atoms with E-state index >= 15 is 0 Å². The summed E-state index contributed by atoms with van der Waals surface area (Å²) >= 11 is 3.34. The number of unbranched alkanes of at least 4 members (excludes halogenated alkanes) is 1. The second-order valence-corrected chi connectivity index (χ2v) is 3.66. The highest BCUT2D eigenvalue weighted by atomic mass is 79.9. The number of rotatable bonds is 3. The van der Waals surface area contributed by atoms with E-state index in [1.165, 1.54) is 6.07 Å². The van der Waals surface area contributed by atoms with Gasteiger partial charge in [-0.1, -0.05) is 35.3 Å². The van der Waals surface area contributed by atoms with Crippen LogP contribution in [0.4, 0.5) is 4.39 Å². The van der Waals surface area contributed by atoms with E-state index in [4.69, 9.17) is 0 Å². The quantitative estimate of drug-likeness (QED) is 0.739. The standard InChI is InChI=1S/C10H12BrF/c1-2-3-5-8-9(11)6-4-7-10(8)12/h4,6-7H,2-3,5H2,1H3. The molecule has 0 amide bonds. The van der Waals surface area contributed by atoms with Crippen LogP contribution in [-0.2, 0) is 6.42 Å². The lowest BCUT2D eigenvalue weighted by molar-refractivity contribution is 0.601. The van der Waals surface area contributed by atoms with Gasteiger partial charge in [0.1, 0.15) is 5.82 Å². The molecule has 66 valence electrons. The van der Waals surface area contributed by atoms with Crippen LogP contribution < -0.4 is 0 Å². The highest BCUT2D eigenvalue weighted by Crippen LogP contribution is 2.21. The molecule has 0 unspecified atom stereocenters. The lowest BCUT2D eigenvalue weighted by Gasteiger charge is -2.03. The lowest BCUT2D eigenvalue weighted by Crippen LogP contribution is -1.91. The highest BCUT2D eigenvalue weighted by Gasteiger charge is 2.04. The molecule has 1 rings (SSSR count). The smallest absolute Gasteiger partial charge is 0.127 e. The molecule has 0 aromatic heterocycles. The van der Waals surface area contributed by atoms with Crippen LogP contribution in [0, 0.1) is 5.82 Å². The fourth-order valence-electron chi connectivity index (χ4n) is 1.12. The van der Waals surface area contributed by atoms with E-state index in [-0.39, 0.29) is 5.82 Å². The Morgan fingerprint density at radius 3 is 2.75 bits per heavy atom. The molecular formula is C10H12BrF. The molecule has 0 spiro atoms. The third-order valence-electron chi connectivity index (χ3n) is 1.84. The summed E-state index contributed by atoms with van der Waals surface area (Å²) in [6, 6.07) is 5.11. The Kier molecular flexibility index (Phi) is 3.73. The Balaban J connectivity index is 2.81. The van der Waals surface area contributed by atoms with Gasteiger partial charge in [-0.2, -0.15) is 0 Å². The molecule has 2 heteroatoms. The topological polar surface area (TPSA) is 0 Å². The van der Waals surface area contributed by atoms with Gasteiger partial charge in [0.2, 0.25) is 0 Å². The van der Waals surface area contributed by atoms with Gasteiger partial charge in [0.15, 0.2) is 0 Å². The van der Waals surface area contributed by atoms with Gasteiger partial charge in [-0.05, 0) is 25.0 Å². The average molecular weight is 231 g/mol. The Hall–Kier alpha value is -0.370. The zero-order valence-corrected chi connectivity index (χ0v) is 8.70. The lowest BCUT2D eigenvalue weighted by atomic mass is 10.1. The van der Waals surface area contributed by atoms with Gasteiger partial charge < -0.3 is 0 Å². The van der Waals surface area contributed by atoms with Gasteiger partial charge in [-0.15, -0.1) is 0 Å². The van der Waals surface area contributed by atoms with E-state index in [9.17, 15) is 4.39 Å². The number of benzene rings is 1. The van der Waals surface area contributed by atoms with Crippen molar-refractivity contribution in [2.45, 2.75) is 26.2 Å². The van der Waals surface area contributed by atoms with Crippen LogP contribution in [0.1, 0.15) is 25.3 Å². The van der Waals surface area contributed by atoms with E-state index in [1.807, 2.05) is 6.07 Å². The molecule has 0 atom stereocenters. The van der Waals surface area contributed by atoms with Gasteiger partial charge in [-0.25, -0.2) is 4.39 Å². The zero-order chi connectivity index (χ0) is 8.97. The summed E-state index contributed by atoms with van der Waals surface area (Å²) in [6.07, 6.45) is 2.96. The summed E-state index contributed by atoms with van der Waals surface area (Å²) in [4.78, 5) is 0. The number of hydrogen-bond acceptors (Lipinski definition) is 0. The molecule has 0 heterocycles. The first-order valence-corrected chi connectivity index (χ1v) is 4.98. The fraction of sp³-hybridized carbons (Fsp3) is 0.400. The van der Waals surface area contributed by atoms with E-state index in [2.05, 4.69) is 22.9 Å². The summed E-state index contributed by atoms with van der Waals surface area (Å²) in [5, 5.41) is 0. The molecule has 0 saturated carbocycles. The van der Waals surface area contributed by atoms with Crippen LogP contribution in [0.15, 0.2) is 22.7 Å². The highest BCUT2D eigenvalue weighted by molar-refractivity contribution is 9.10. The first-order chi connectivity index (χ1) is 5.75. The molecule has 0 aliphatic heterocycles. The molecule has 0 N–H and O–H groups in total. The van der Waals surface area contributed by atoms with Crippen molar-refractivity contribution in [2.24, 2.45) is 0 Å². The monoisotopic (exact) mass is 230 g/mol. The minimum Gasteiger partial charge on any atom is -0.207 e. The molecule has 1 aromatic carbocycles. The van der Waals surface area contributed by atoms with Crippen molar-refractivity contribution >= 4 is 15.9 Å². The third kappa shape index (κ3) is 2.31. The van der Waals surface area contributed by atoms with E-state index < -0.39 is 0 Å². The predicted molar refractivity (Wildman–Crippen MR) is 52.7 cm³/mol. The molecular weight excluding hydrogens is 219 g/mol. The predicted octanol–water partition coefficient (Wildman–Crippen LogP) is 3.93. The van der Waals surface area contributed by atoms with Gasteiger partial charge in [0.05, 0.1) is 0 Å². The van der Waals surface area contributed by atoms with Crippen molar-refractivity contribution in [3.63, 3.8) is 0 Å². The maximum absolute atomic E-state index is 13.1. The minimum atomic E-state index is -0.0992. The maximum atomic E-state index is 13.1. The van der Waals surface area contributed by atoms with E-state index in [0.717, 1.165) is 29.3 Å². The maximum Gasteiger partial charge on any atom is 0.127 e. The number of halogens is 2. The van der Waals surface area contributed by atoms with Crippen LogP contribution in [-0.4, -0.2) is 0 Å². The van der Waals surface area contributed by atoms with Crippen LogP contribution >= 0.6 is 15.9 Å². The van der Waals surface area contributed by atoms with E-state index in [1.54, 1.807) is 6.07 Å². The Labute approximate surface area is 80.9 Å². The van der Waals surface area contributed by atoms with Crippen LogP contribution in [0.5, 0.6) is 0 Å². The molecule has 0 radical (unpaired) electrons. The molecule has 0 bridgehead atoms. The normalized spacial score (nSPS) is 10.2. The number of hydrogen-bond donors (Lipinski definition) is 0. The van der Waals surface area contributed by atoms with Crippen molar-refractivity contribution in [3.8, 4) is 0 Å². The summed E-state index contributed by atoms with van der Waals surface area (Å²) in [7, 11) is 0. The van der Waals surface area contributed by atoms with Gasteiger partial charge >= 0.3 is 0 Å². The van der Waals surface area contributed by atoms with Crippen LogP contribution in [0.25, 0.3) is 0 Å². The zero-order valence-electron chi connectivity index (χ0n) is 7.11. The van der Waals surface area contributed by atoms with E-state index in [0.29, 0.717) is 0 Å². The molecule has 12 heavy (non-hydrogen) atoms. The van der Waals surface area contributed by atoms with Crippen molar-refractivity contribution in [3.05, 3.63) is 34.1 Å². The summed E-state index contributed by atoms with van der Waals surface area (Å²) in [5.41, 5.74) is 0.805. The minimum absolute atomic E-state index is 0.0992. The van der Waals surface area contributed by atoms with Crippen molar-refractivity contribution < 1.29 is 4.39 Å². The summed E-state index contributed by atoms with van der Waals surface area (Å²) in [5.74, 6) is -0.0992. The Morgan fingerprint density at radius 1 is 1.42 bits per heavy atom. The summed E-state index contributed by atoms with van der Waals surface area (Å²) in [6.45, 7) is 2.11. The molecule has 0 nitrogen and oxygen atoms in total. The van der Waals surface area contributed by atoms with Crippen LogP contribution in [0.2, 0.25) is 0 Å². The third-order valence-corrected chi connectivity index (χ3v) is 2.58. The molecule has 0 aliphatic rings. The fourth-order valence-corrected chi connectivity index (χ4v) is 1.66.